The predicted octanol–water partition coefficient (Wildman–Crippen LogP) is 4.17. The summed E-state index contributed by atoms with van der Waals surface area (Å²) in [6.07, 6.45) is -1.38. The van der Waals surface area contributed by atoms with E-state index in [4.69, 9.17) is 11.6 Å². The highest BCUT2D eigenvalue weighted by Gasteiger charge is 2.20. The van der Waals surface area contributed by atoms with E-state index in [1.807, 2.05) is 0 Å². The quantitative estimate of drug-likeness (QED) is 0.839. The Morgan fingerprint density at radius 1 is 1.23 bits per heavy atom. The Hall–Kier alpha value is -1.98. The number of ketones is 1. The first-order valence-corrected chi connectivity index (χ1v) is 6.79. The number of carbonyl (C=O) groups excluding carboxylic acids is 1. The average Bonchev–Trinajstić information content (AvgIpc) is 2.47. The smallest absolute Gasteiger partial charge is 0.387 e. The topological polar surface area (TPSA) is 46.5 Å². The molecule has 0 aliphatic heterocycles. The number of Topliss-reactive ketones (excluding diaryl/α,β-unsaturated/α-hetero) is 1. The Balaban J connectivity index is 2.24. The maximum Gasteiger partial charge on any atom is 0.387 e. The molecule has 0 aromatic heterocycles. The van der Waals surface area contributed by atoms with Gasteiger partial charge in [-0.15, -0.1) is 0 Å². The zero-order chi connectivity index (χ0) is 16.3. The SMILES string of the molecule is Cc1cc(C(=O)C(O)c2cccc(Cl)c2)ccc1OC(F)F. The van der Waals surface area contributed by atoms with Gasteiger partial charge in [-0.3, -0.25) is 4.79 Å². The van der Waals surface area contributed by atoms with Gasteiger partial charge in [0.1, 0.15) is 11.9 Å². The van der Waals surface area contributed by atoms with Gasteiger partial charge in [-0.25, -0.2) is 0 Å². The molecule has 6 heteroatoms. The number of aliphatic hydroxyl groups is 1. The minimum absolute atomic E-state index is 0.0104. The van der Waals surface area contributed by atoms with Crippen molar-refractivity contribution < 1.29 is 23.4 Å². The third kappa shape index (κ3) is 3.81. The van der Waals surface area contributed by atoms with Crippen LogP contribution in [0.1, 0.15) is 27.6 Å². The van der Waals surface area contributed by atoms with E-state index in [1.165, 1.54) is 24.3 Å². The van der Waals surface area contributed by atoms with Crippen LogP contribution in [0.5, 0.6) is 5.75 Å². The van der Waals surface area contributed by atoms with Crippen LogP contribution in [0, 0.1) is 6.92 Å². The Morgan fingerprint density at radius 3 is 2.55 bits per heavy atom. The fraction of sp³-hybridized carbons (Fsp3) is 0.188. The van der Waals surface area contributed by atoms with Crippen molar-refractivity contribution in [2.45, 2.75) is 19.6 Å². The molecule has 2 rings (SSSR count). The van der Waals surface area contributed by atoms with Gasteiger partial charge < -0.3 is 9.84 Å². The van der Waals surface area contributed by atoms with E-state index < -0.39 is 18.5 Å². The summed E-state index contributed by atoms with van der Waals surface area (Å²) in [6.45, 7) is -1.39. The van der Waals surface area contributed by atoms with E-state index in [0.717, 1.165) is 0 Å². The number of halogens is 3. The average molecular weight is 327 g/mol. The van der Waals surface area contributed by atoms with Gasteiger partial charge in [-0.1, -0.05) is 23.7 Å². The van der Waals surface area contributed by atoms with Gasteiger partial charge >= 0.3 is 6.61 Å². The maximum atomic E-state index is 12.3. The molecule has 0 radical (unpaired) electrons. The molecule has 0 aliphatic rings. The second-order valence-corrected chi connectivity index (χ2v) is 5.12. The molecule has 0 saturated heterocycles. The molecule has 1 N–H and O–H groups in total. The number of hydrogen-bond donors (Lipinski definition) is 1. The van der Waals surface area contributed by atoms with E-state index in [0.29, 0.717) is 16.1 Å². The van der Waals surface area contributed by atoms with Crippen LogP contribution in [-0.2, 0) is 0 Å². The number of alkyl halides is 2. The minimum Gasteiger partial charge on any atom is -0.435 e. The van der Waals surface area contributed by atoms with Crippen molar-refractivity contribution in [2.24, 2.45) is 0 Å². The number of ether oxygens (including phenoxy) is 1. The van der Waals surface area contributed by atoms with Crippen molar-refractivity contribution in [3.8, 4) is 5.75 Å². The fourth-order valence-corrected chi connectivity index (χ4v) is 2.22. The van der Waals surface area contributed by atoms with Crippen LogP contribution in [0.25, 0.3) is 0 Å². The third-order valence-electron chi connectivity index (χ3n) is 3.09. The summed E-state index contributed by atoms with van der Waals surface area (Å²) < 4.78 is 28.7. The number of hydrogen-bond acceptors (Lipinski definition) is 3. The zero-order valence-corrected chi connectivity index (χ0v) is 12.3. The van der Waals surface area contributed by atoms with Crippen molar-refractivity contribution in [1.82, 2.24) is 0 Å². The van der Waals surface area contributed by atoms with Gasteiger partial charge in [0, 0.05) is 10.6 Å². The maximum absolute atomic E-state index is 12.3. The van der Waals surface area contributed by atoms with Gasteiger partial charge in [0.2, 0.25) is 0 Å². The molecule has 0 amide bonds. The summed E-state index contributed by atoms with van der Waals surface area (Å²) in [5.74, 6) is -0.558. The molecular formula is C16H13ClF2O3. The van der Waals surface area contributed by atoms with E-state index in [-0.39, 0.29) is 11.3 Å². The normalized spacial score (nSPS) is 12.3. The van der Waals surface area contributed by atoms with Crippen molar-refractivity contribution in [1.29, 1.82) is 0 Å². The summed E-state index contributed by atoms with van der Waals surface area (Å²) in [4.78, 5) is 12.3. The molecule has 1 atom stereocenters. The van der Waals surface area contributed by atoms with Crippen LogP contribution in [-0.4, -0.2) is 17.5 Å². The number of carbonyl (C=O) groups is 1. The molecule has 0 fully saturated rings. The second-order valence-electron chi connectivity index (χ2n) is 4.68. The van der Waals surface area contributed by atoms with Crippen LogP contribution >= 0.6 is 11.6 Å². The molecule has 1 unspecified atom stereocenters. The first kappa shape index (κ1) is 16.4. The lowest BCUT2D eigenvalue weighted by atomic mass is 9.98. The molecule has 116 valence electrons. The van der Waals surface area contributed by atoms with Gasteiger partial charge in [-0.05, 0) is 48.4 Å². The predicted molar refractivity (Wildman–Crippen MR) is 78.6 cm³/mol. The highest BCUT2D eigenvalue weighted by molar-refractivity contribution is 6.30. The van der Waals surface area contributed by atoms with Crippen LogP contribution < -0.4 is 4.74 Å². The monoisotopic (exact) mass is 326 g/mol. The van der Waals surface area contributed by atoms with E-state index in [9.17, 15) is 18.7 Å². The summed E-state index contributed by atoms with van der Waals surface area (Å²) in [7, 11) is 0. The molecule has 0 aliphatic carbocycles. The lowest BCUT2D eigenvalue weighted by Crippen LogP contribution is -2.13. The van der Waals surface area contributed by atoms with Crippen molar-refractivity contribution >= 4 is 17.4 Å². The van der Waals surface area contributed by atoms with Gasteiger partial charge in [0.15, 0.2) is 5.78 Å². The highest BCUT2D eigenvalue weighted by Crippen LogP contribution is 2.25. The lowest BCUT2D eigenvalue weighted by molar-refractivity contribution is -0.0502. The van der Waals surface area contributed by atoms with Crippen LogP contribution in [0.4, 0.5) is 8.78 Å². The number of benzene rings is 2. The van der Waals surface area contributed by atoms with E-state index >= 15 is 0 Å². The Kier molecular flexibility index (Phi) is 5.11. The number of aliphatic hydroxyl groups excluding tert-OH is 1. The Labute approximate surface area is 131 Å². The fourth-order valence-electron chi connectivity index (χ4n) is 2.02. The molecule has 2 aromatic carbocycles. The molecule has 0 bridgehead atoms. The van der Waals surface area contributed by atoms with Crippen molar-refractivity contribution in [3.05, 3.63) is 64.2 Å². The zero-order valence-electron chi connectivity index (χ0n) is 11.6. The van der Waals surface area contributed by atoms with Gasteiger partial charge in [0.25, 0.3) is 0 Å². The van der Waals surface area contributed by atoms with E-state index in [2.05, 4.69) is 4.74 Å². The molecule has 0 heterocycles. The third-order valence-corrected chi connectivity index (χ3v) is 3.32. The summed E-state index contributed by atoms with van der Waals surface area (Å²) >= 11 is 5.82. The first-order chi connectivity index (χ1) is 10.4. The molecule has 0 saturated carbocycles. The number of aryl methyl sites for hydroxylation is 1. The van der Waals surface area contributed by atoms with Crippen molar-refractivity contribution in [2.75, 3.05) is 0 Å². The Morgan fingerprint density at radius 2 is 1.95 bits per heavy atom. The van der Waals surface area contributed by atoms with Gasteiger partial charge in [0.05, 0.1) is 0 Å². The van der Waals surface area contributed by atoms with Crippen molar-refractivity contribution in [3.63, 3.8) is 0 Å². The number of rotatable bonds is 5. The summed E-state index contributed by atoms with van der Waals surface area (Å²) in [5, 5.41) is 10.5. The molecular weight excluding hydrogens is 314 g/mol. The van der Waals surface area contributed by atoms with E-state index in [1.54, 1.807) is 25.1 Å². The molecule has 22 heavy (non-hydrogen) atoms. The molecule has 3 nitrogen and oxygen atoms in total. The summed E-state index contributed by atoms with van der Waals surface area (Å²) in [6, 6.07) is 10.3. The van der Waals surface area contributed by atoms with Crippen LogP contribution in [0.3, 0.4) is 0 Å². The molecule has 0 spiro atoms. The first-order valence-electron chi connectivity index (χ1n) is 6.41. The molecule has 2 aromatic rings. The largest absolute Gasteiger partial charge is 0.435 e. The Bertz CT molecular complexity index is 689. The van der Waals surface area contributed by atoms with Crippen LogP contribution in [0.2, 0.25) is 5.02 Å². The van der Waals surface area contributed by atoms with Crippen LogP contribution in [0.15, 0.2) is 42.5 Å². The highest BCUT2D eigenvalue weighted by atomic mass is 35.5. The lowest BCUT2D eigenvalue weighted by Gasteiger charge is -2.13. The van der Waals surface area contributed by atoms with Gasteiger partial charge in [-0.2, -0.15) is 8.78 Å². The summed E-state index contributed by atoms with van der Waals surface area (Å²) in [5.41, 5.74) is 0.944. The second kappa shape index (κ2) is 6.85. The standard InChI is InChI=1S/C16H13ClF2O3/c1-9-7-11(5-6-13(9)22-16(18)19)15(21)14(20)10-3-2-4-12(17)8-10/h2-8,14,16,20H,1H3. The minimum atomic E-state index is -2.93.